The zero-order chi connectivity index (χ0) is 15.4. The van der Waals surface area contributed by atoms with E-state index in [0.29, 0.717) is 22.2 Å². The third-order valence-electron chi connectivity index (χ3n) is 2.63. The van der Waals surface area contributed by atoms with E-state index >= 15 is 0 Å². The minimum Gasteiger partial charge on any atom is -0.493 e. The number of methoxy groups -OCH3 is 2. The van der Waals surface area contributed by atoms with Gasteiger partial charge in [-0.2, -0.15) is 0 Å². The fourth-order valence-electron chi connectivity index (χ4n) is 1.75. The maximum absolute atomic E-state index is 11.9. The van der Waals surface area contributed by atoms with Crippen LogP contribution in [0, 0.1) is 0 Å². The van der Waals surface area contributed by atoms with Gasteiger partial charge in [0.15, 0.2) is 11.5 Å². The fourth-order valence-corrected chi connectivity index (χ4v) is 3.79. The lowest BCUT2D eigenvalue weighted by Gasteiger charge is -2.10. The van der Waals surface area contributed by atoms with Gasteiger partial charge in [-0.15, -0.1) is 0 Å². The minimum absolute atomic E-state index is 0.0585. The van der Waals surface area contributed by atoms with Gasteiger partial charge < -0.3 is 9.47 Å². The van der Waals surface area contributed by atoms with Crippen LogP contribution in [0.25, 0.3) is 6.08 Å². The molecule has 0 spiro atoms. The Hall–Kier alpha value is -1.11. The molecule has 1 aromatic carbocycles. The maximum Gasteiger partial charge on any atom is 0.244 e. The minimum atomic E-state index is -0.0585. The maximum atomic E-state index is 11.9. The number of nitrogens with zero attached hydrogens (tertiary/aromatic N) is 1. The van der Waals surface area contributed by atoms with Crippen molar-refractivity contribution < 1.29 is 14.3 Å². The third-order valence-corrected chi connectivity index (χ3v) is 4.80. The first-order valence-electron chi connectivity index (χ1n) is 6.16. The summed E-state index contributed by atoms with van der Waals surface area (Å²) in [6.07, 6.45) is 1.70. The highest BCUT2D eigenvalue weighted by Gasteiger charge is 2.22. The molecule has 4 nitrogen and oxygen atoms in total. The van der Waals surface area contributed by atoms with E-state index in [2.05, 4.69) is 4.99 Å². The predicted octanol–water partition coefficient (Wildman–Crippen LogP) is 4.08. The van der Waals surface area contributed by atoms with Gasteiger partial charge in [0.1, 0.15) is 10.1 Å². The van der Waals surface area contributed by atoms with Crippen LogP contribution in [0.2, 0.25) is 5.02 Å². The second-order valence-electron chi connectivity index (χ2n) is 3.97. The number of hydrogen-bond acceptors (Lipinski definition) is 6. The van der Waals surface area contributed by atoms with E-state index in [0.717, 1.165) is 27.5 Å². The summed E-state index contributed by atoms with van der Waals surface area (Å²) in [6.45, 7) is 2.02. The predicted molar refractivity (Wildman–Crippen MR) is 90.7 cm³/mol. The number of rotatable bonds is 4. The Morgan fingerprint density at radius 2 is 2.14 bits per heavy atom. The lowest BCUT2D eigenvalue weighted by Crippen LogP contribution is -1.93. The van der Waals surface area contributed by atoms with Crippen LogP contribution in [-0.2, 0) is 4.79 Å². The number of aliphatic imine (C=N–C) groups is 1. The quantitative estimate of drug-likeness (QED) is 0.771. The van der Waals surface area contributed by atoms with Gasteiger partial charge in [0, 0.05) is 0 Å². The fraction of sp³-hybridized carbons (Fsp3) is 0.286. The molecule has 2 rings (SSSR count). The van der Waals surface area contributed by atoms with E-state index in [9.17, 15) is 4.79 Å². The van der Waals surface area contributed by atoms with Crippen molar-refractivity contribution in [2.45, 2.75) is 6.92 Å². The molecule has 0 bridgehead atoms. The standard InChI is InChI=1S/C14H14ClNO3S2/c1-4-20-14-16-10(13(17)21-14)6-8-5-9(15)12(19-3)11(7-8)18-2/h5-7H,4H2,1-3H3. The van der Waals surface area contributed by atoms with Crippen molar-refractivity contribution in [3.05, 3.63) is 28.4 Å². The average molecular weight is 344 g/mol. The number of halogens is 1. The van der Waals surface area contributed by atoms with Crippen molar-refractivity contribution in [1.82, 2.24) is 0 Å². The summed E-state index contributed by atoms with van der Waals surface area (Å²) < 4.78 is 11.2. The number of hydrogen-bond donors (Lipinski definition) is 0. The molecular formula is C14H14ClNO3S2. The third kappa shape index (κ3) is 3.75. The van der Waals surface area contributed by atoms with Gasteiger partial charge in [-0.3, -0.25) is 4.79 Å². The van der Waals surface area contributed by atoms with Crippen molar-refractivity contribution in [3.8, 4) is 11.5 Å². The second kappa shape index (κ2) is 7.24. The normalized spacial score (nSPS) is 16.3. The zero-order valence-electron chi connectivity index (χ0n) is 11.8. The molecule has 112 valence electrons. The number of benzene rings is 1. The van der Waals surface area contributed by atoms with E-state index in [1.807, 2.05) is 6.92 Å². The second-order valence-corrected chi connectivity index (χ2v) is 6.85. The van der Waals surface area contributed by atoms with Crippen LogP contribution < -0.4 is 9.47 Å². The Labute approximate surface area is 136 Å². The van der Waals surface area contributed by atoms with E-state index in [-0.39, 0.29) is 5.12 Å². The van der Waals surface area contributed by atoms with E-state index in [1.165, 1.54) is 14.2 Å². The summed E-state index contributed by atoms with van der Waals surface area (Å²) in [7, 11) is 3.06. The van der Waals surface area contributed by atoms with Crippen LogP contribution in [0.15, 0.2) is 22.8 Å². The average Bonchev–Trinajstić information content (AvgIpc) is 2.78. The van der Waals surface area contributed by atoms with Gasteiger partial charge in [-0.1, -0.05) is 30.3 Å². The van der Waals surface area contributed by atoms with Crippen LogP contribution >= 0.6 is 35.1 Å². The molecule has 0 aromatic heterocycles. The molecule has 0 aliphatic carbocycles. The lowest BCUT2D eigenvalue weighted by atomic mass is 10.1. The first-order valence-corrected chi connectivity index (χ1v) is 8.34. The van der Waals surface area contributed by atoms with Crippen LogP contribution in [-0.4, -0.2) is 29.5 Å². The molecule has 1 aliphatic rings. The molecule has 1 aliphatic heterocycles. The van der Waals surface area contributed by atoms with Crippen molar-refractivity contribution >= 4 is 50.7 Å². The molecule has 0 unspecified atom stereocenters. The number of ether oxygens (including phenoxy) is 2. The monoisotopic (exact) mass is 343 g/mol. The molecule has 0 fully saturated rings. The van der Waals surface area contributed by atoms with E-state index < -0.39 is 0 Å². The van der Waals surface area contributed by atoms with Gasteiger partial charge in [-0.25, -0.2) is 4.99 Å². The smallest absolute Gasteiger partial charge is 0.244 e. The van der Waals surface area contributed by atoms with Gasteiger partial charge in [0.05, 0.1) is 19.2 Å². The van der Waals surface area contributed by atoms with Crippen molar-refractivity contribution in [2.24, 2.45) is 4.99 Å². The van der Waals surface area contributed by atoms with Gasteiger partial charge in [0.25, 0.3) is 0 Å². The van der Waals surface area contributed by atoms with Crippen LogP contribution in [0.5, 0.6) is 11.5 Å². The summed E-state index contributed by atoms with van der Waals surface area (Å²) in [5.41, 5.74) is 1.16. The van der Waals surface area contributed by atoms with Crippen LogP contribution in [0.4, 0.5) is 0 Å². The first-order chi connectivity index (χ1) is 10.1. The van der Waals surface area contributed by atoms with E-state index in [4.69, 9.17) is 21.1 Å². The molecule has 1 heterocycles. The molecule has 0 N–H and O–H groups in total. The highest BCUT2D eigenvalue weighted by molar-refractivity contribution is 8.45. The molecule has 0 amide bonds. The summed E-state index contributed by atoms with van der Waals surface area (Å²) in [5, 5.41) is 0.366. The number of carbonyl (C=O) groups is 1. The molecule has 0 saturated carbocycles. The Balaban J connectivity index is 2.37. The highest BCUT2D eigenvalue weighted by Crippen LogP contribution is 2.37. The van der Waals surface area contributed by atoms with Crippen molar-refractivity contribution in [2.75, 3.05) is 20.0 Å². The zero-order valence-corrected chi connectivity index (χ0v) is 14.2. The summed E-state index contributed by atoms with van der Waals surface area (Å²) >= 11 is 8.86. The summed E-state index contributed by atoms with van der Waals surface area (Å²) in [6, 6.07) is 3.48. The van der Waals surface area contributed by atoms with E-state index in [1.54, 1.807) is 30.0 Å². The topological polar surface area (TPSA) is 47.9 Å². The molecule has 1 aromatic rings. The van der Waals surface area contributed by atoms with Crippen LogP contribution in [0.1, 0.15) is 12.5 Å². The van der Waals surface area contributed by atoms with Gasteiger partial charge in [0.2, 0.25) is 5.12 Å². The van der Waals surface area contributed by atoms with Gasteiger partial charge >= 0.3 is 0 Å². The SMILES string of the molecule is CCSC1=NC(=Cc2cc(Cl)c(OC)c(OC)c2)C(=O)S1. The summed E-state index contributed by atoms with van der Waals surface area (Å²) in [4.78, 5) is 16.2. The molecule has 0 atom stereocenters. The highest BCUT2D eigenvalue weighted by atomic mass is 35.5. The molecule has 21 heavy (non-hydrogen) atoms. The van der Waals surface area contributed by atoms with Crippen molar-refractivity contribution in [3.63, 3.8) is 0 Å². The largest absolute Gasteiger partial charge is 0.493 e. The Bertz CT molecular complexity index is 629. The number of thioether (sulfide) groups is 2. The molecule has 7 heteroatoms. The summed E-state index contributed by atoms with van der Waals surface area (Å²) in [5.74, 6) is 1.87. The van der Waals surface area contributed by atoms with Crippen LogP contribution in [0.3, 0.4) is 0 Å². The Morgan fingerprint density at radius 1 is 1.38 bits per heavy atom. The lowest BCUT2D eigenvalue weighted by molar-refractivity contribution is -0.107. The Morgan fingerprint density at radius 3 is 2.76 bits per heavy atom. The molecular weight excluding hydrogens is 330 g/mol. The molecule has 0 saturated heterocycles. The Kier molecular flexibility index (Phi) is 5.61. The molecule has 0 radical (unpaired) electrons. The van der Waals surface area contributed by atoms with Gasteiger partial charge in [-0.05, 0) is 41.3 Å². The number of carbonyl (C=O) groups excluding carboxylic acids is 1. The first kappa shape index (κ1) is 16.3. The van der Waals surface area contributed by atoms with Crippen molar-refractivity contribution in [1.29, 1.82) is 0 Å².